The molecule has 0 radical (unpaired) electrons. The van der Waals surface area contributed by atoms with Gasteiger partial charge in [0.15, 0.2) is 0 Å². The van der Waals surface area contributed by atoms with Crippen LogP contribution in [0.1, 0.15) is 16.7 Å². The van der Waals surface area contributed by atoms with E-state index in [1.54, 1.807) is 6.33 Å². The lowest BCUT2D eigenvalue weighted by atomic mass is 10.1. The summed E-state index contributed by atoms with van der Waals surface area (Å²) in [7, 11) is 0. The van der Waals surface area contributed by atoms with Gasteiger partial charge in [0.1, 0.15) is 17.9 Å². The zero-order chi connectivity index (χ0) is 20.2. The van der Waals surface area contributed by atoms with E-state index in [0.717, 1.165) is 44.1 Å². The van der Waals surface area contributed by atoms with Gasteiger partial charge in [-0.2, -0.15) is 0 Å². The summed E-state index contributed by atoms with van der Waals surface area (Å²) in [6, 6.07) is 16.4. The van der Waals surface area contributed by atoms with Gasteiger partial charge < -0.3 is 9.64 Å². The van der Waals surface area contributed by atoms with Crippen molar-refractivity contribution < 1.29 is 4.74 Å². The van der Waals surface area contributed by atoms with Crippen LogP contribution in [0, 0.1) is 13.8 Å². The van der Waals surface area contributed by atoms with Gasteiger partial charge in [0.2, 0.25) is 5.88 Å². The minimum atomic E-state index is 0.504. The maximum atomic E-state index is 6.24. The van der Waals surface area contributed by atoms with Crippen molar-refractivity contribution in [2.24, 2.45) is 0 Å². The lowest BCUT2D eigenvalue weighted by Gasteiger charge is -2.35. The fraction of sp³-hybridized carbons (Fsp3) is 0.304. The van der Waals surface area contributed by atoms with Gasteiger partial charge in [0.05, 0.1) is 5.02 Å². The Hall–Kier alpha value is -2.63. The minimum absolute atomic E-state index is 0.504. The maximum absolute atomic E-state index is 6.24. The first-order valence-electron chi connectivity index (χ1n) is 9.86. The van der Waals surface area contributed by atoms with Crippen LogP contribution >= 0.6 is 11.6 Å². The van der Waals surface area contributed by atoms with Gasteiger partial charge in [-0.25, -0.2) is 9.97 Å². The second kappa shape index (κ2) is 8.80. The lowest BCUT2D eigenvalue weighted by molar-refractivity contribution is 0.249. The predicted octanol–water partition coefficient (Wildman–Crippen LogP) is 4.86. The Morgan fingerprint density at radius 2 is 1.62 bits per heavy atom. The second-order valence-electron chi connectivity index (χ2n) is 7.50. The number of aryl methyl sites for hydroxylation is 2. The molecule has 0 spiro atoms. The van der Waals surface area contributed by atoms with Gasteiger partial charge in [-0.1, -0.05) is 47.5 Å². The smallest absolute Gasteiger partial charge is 0.224 e. The molecule has 0 unspecified atom stereocenters. The van der Waals surface area contributed by atoms with Gasteiger partial charge in [0, 0.05) is 38.8 Å². The van der Waals surface area contributed by atoms with E-state index in [1.807, 2.05) is 31.2 Å². The quantitative estimate of drug-likeness (QED) is 0.603. The van der Waals surface area contributed by atoms with Crippen molar-refractivity contribution >= 4 is 17.4 Å². The summed E-state index contributed by atoms with van der Waals surface area (Å²) >= 11 is 6.24. The fourth-order valence-corrected chi connectivity index (χ4v) is 3.60. The van der Waals surface area contributed by atoms with Crippen molar-refractivity contribution in [3.8, 4) is 11.6 Å². The van der Waals surface area contributed by atoms with Crippen LogP contribution in [0.15, 0.2) is 54.9 Å². The number of rotatable bonds is 5. The van der Waals surface area contributed by atoms with E-state index in [0.29, 0.717) is 16.7 Å². The molecule has 1 aromatic heterocycles. The molecule has 29 heavy (non-hydrogen) atoms. The zero-order valence-corrected chi connectivity index (χ0v) is 17.6. The molecule has 3 aromatic rings. The van der Waals surface area contributed by atoms with E-state index in [4.69, 9.17) is 16.3 Å². The van der Waals surface area contributed by atoms with Gasteiger partial charge in [0.25, 0.3) is 0 Å². The highest BCUT2D eigenvalue weighted by molar-refractivity contribution is 6.32. The number of hydrogen-bond acceptors (Lipinski definition) is 5. The molecule has 5 nitrogen and oxygen atoms in total. The van der Waals surface area contributed by atoms with E-state index in [2.05, 4.69) is 51.0 Å². The van der Waals surface area contributed by atoms with E-state index in [9.17, 15) is 0 Å². The van der Waals surface area contributed by atoms with Crippen LogP contribution in [0.25, 0.3) is 0 Å². The molecular formula is C23H25ClN4O. The Balaban J connectivity index is 1.38. The number of aromatic nitrogens is 2. The molecule has 4 rings (SSSR count). The first-order chi connectivity index (χ1) is 14.1. The fourth-order valence-electron chi connectivity index (χ4n) is 3.45. The Kier molecular flexibility index (Phi) is 5.97. The average molecular weight is 409 g/mol. The van der Waals surface area contributed by atoms with Crippen molar-refractivity contribution in [3.05, 3.63) is 76.6 Å². The molecule has 1 aliphatic heterocycles. The SMILES string of the molecule is Cc1ccc(CN2CCN(c3cc(Oc4cc(C)ccc4Cl)ncn3)CC2)cc1. The summed E-state index contributed by atoms with van der Waals surface area (Å²) in [5, 5.41) is 0.570. The highest BCUT2D eigenvalue weighted by atomic mass is 35.5. The molecule has 0 bridgehead atoms. The van der Waals surface area contributed by atoms with Crippen molar-refractivity contribution in [2.75, 3.05) is 31.1 Å². The Morgan fingerprint density at radius 3 is 2.38 bits per heavy atom. The number of anilines is 1. The number of halogens is 1. The summed E-state index contributed by atoms with van der Waals surface area (Å²) in [6.45, 7) is 8.95. The van der Waals surface area contributed by atoms with E-state index >= 15 is 0 Å². The van der Waals surface area contributed by atoms with E-state index < -0.39 is 0 Å². The Bertz CT molecular complexity index is 969. The standard InChI is InChI=1S/C23H25ClN4O/c1-17-3-6-19(7-4-17)15-27-9-11-28(12-10-27)22-14-23(26-16-25-22)29-21-13-18(2)5-8-20(21)24/h3-8,13-14,16H,9-12,15H2,1-2H3. The molecule has 2 aromatic carbocycles. The largest absolute Gasteiger partial charge is 0.437 e. The van der Waals surface area contributed by atoms with Gasteiger partial charge >= 0.3 is 0 Å². The number of ether oxygens (including phenoxy) is 1. The first kappa shape index (κ1) is 19.7. The van der Waals surface area contributed by atoms with Crippen LogP contribution in [0.5, 0.6) is 11.6 Å². The topological polar surface area (TPSA) is 41.5 Å². The van der Waals surface area contributed by atoms with E-state index in [1.165, 1.54) is 11.1 Å². The summed E-state index contributed by atoms with van der Waals surface area (Å²) < 4.78 is 5.91. The number of hydrogen-bond donors (Lipinski definition) is 0. The molecule has 2 heterocycles. The summed E-state index contributed by atoms with van der Waals surface area (Å²) in [5.74, 6) is 2.00. The molecule has 0 aliphatic carbocycles. The normalized spacial score (nSPS) is 14.8. The van der Waals surface area contributed by atoms with Crippen molar-refractivity contribution in [1.82, 2.24) is 14.9 Å². The summed E-state index contributed by atoms with van der Waals surface area (Å²) in [5.41, 5.74) is 3.74. The number of piperazine rings is 1. The third kappa shape index (κ3) is 5.05. The molecule has 6 heteroatoms. The molecule has 0 N–H and O–H groups in total. The monoisotopic (exact) mass is 408 g/mol. The molecule has 150 valence electrons. The van der Waals surface area contributed by atoms with E-state index in [-0.39, 0.29) is 0 Å². The predicted molar refractivity (Wildman–Crippen MR) is 117 cm³/mol. The van der Waals surface area contributed by atoms with Crippen LogP contribution in [-0.2, 0) is 6.54 Å². The number of benzene rings is 2. The van der Waals surface area contributed by atoms with Crippen LogP contribution in [-0.4, -0.2) is 41.0 Å². The van der Waals surface area contributed by atoms with Gasteiger partial charge in [-0.15, -0.1) is 0 Å². The molecule has 0 atom stereocenters. The lowest BCUT2D eigenvalue weighted by Crippen LogP contribution is -2.46. The molecule has 1 fully saturated rings. The van der Waals surface area contributed by atoms with Gasteiger partial charge in [-0.05, 0) is 37.1 Å². The maximum Gasteiger partial charge on any atom is 0.224 e. The zero-order valence-electron chi connectivity index (χ0n) is 16.8. The number of nitrogens with zero attached hydrogens (tertiary/aromatic N) is 4. The van der Waals surface area contributed by atoms with Crippen molar-refractivity contribution in [1.29, 1.82) is 0 Å². The Morgan fingerprint density at radius 1 is 0.897 bits per heavy atom. The molecule has 1 aliphatic rings. The highest BCUT2D eigenvalue weighted by Gasteiger charge is 2.19. The van der Waals surface area contributed by atoms with Crippen LogP contribution in [0.2, 0.25) is 5.02 Å². The first-order valence-corrected chi connectivity index (χ1v) is 10.2. The third-order valence-electron chi connectivity index (χ3n) is 5.15. The summed E-state index contributed by atoms with van der Waals surface area (Å²) in [6.07, 6.45) is 1.55. The van der Waals surface area contributed by atoms with Crippen molar-refractivity contribution in [3.63, 3.8) is 0 Å². The van der Waals surface area contributed by atoms with Crippen molar-refractivity contribution in [2.45, 2.75) is 20.4 Å². The van der Waals surface area contributed by atoms with Gasteiger partial charge in [-0.3, -0.25) is 4.90 Å². The Labute approximate surface area is 176 Å². The molecule has 1 saturated heterocycles. The molecule has 0 amide bonds. The highest BCUT2D eigenvalue weighted by Crippen LogP contribution is 2.30. The third-order valence-corrected chi connectivity index (χ3v) is 5.46. The minimum Gasteiger partial charge on any atom is -0.437 e. The van der Waals surface area contributed by atoms with Crippen LogP contribution in [0.4, 0.5) is 5.82 Å². The summed E-state index contributed by atoms with van der Waals surface area (Å²) in [4.78, 5) is 13.5. The van der Waals surface area contributed by atoms with Crippen LogP contribution < -0.4 is 9.64 Å². The average Bonchev–Trinajstić information content (AvgIpc) is 2.73. The van der Waals surface area contributed by atoms with Crippen LogP contribution in [0.3, 0.4) is 0 Å². The second-order valence-corrected chi connectivity index (χ2v) is 7.91. The molecule has 0 saturated carbocycles. The molecular weight excluding hydrogens is 384 g/mol.